The number of hydrogen-bond acceptors (Lipinski definition) is 4. The van der Waals surface area contributed by atoms with Crippen molar-refractivity contribution >= 4 is 0 Å². The summed E-state index contributed by atoms with van der Waals surface area (Å²) in [4.78, 5) is 2.64. The molecule has 0 aromatic rings. The Hall–Kier alpha value is -0.160. The van der Waals surface area contributed by atoms with Crippen molar-refractivity contribution in [2.75, 3.05) is 46.6 Å². The molecule has 0 saturated carbocycles. The molecule has 0 spiro atoms. The average Bonchev–Trinajstić information content (AvgIpc) is 2.51. The zero-order valence-corrected chi connectivity index (χ0v) is 14.8. The van der Waals surface area contributed by atoms with Crippen LogP contribution in [0, 0.1) is 5.92 Å². The summed E-state index contributed by atoms with van der Waals surface area (Å²) in [6.45, 7) is 15.0. The molecule has 1 fully saturated rings. The van der Waals surface area contributed by atoms with E-state index in [1.54, 1.807) is 7.11 Å². The molecule has 1 heterocycles. The highest BCUT2D eigenvalue weighted by Crippen LogP contribution is 2.25. The molecule has 1 aliphatic rings. The molecule has 3 atom stereocenters. The summed E-state index contributed by atoms with van der Waals surface area (Å²) in [6.07, 6.45) is 3.40. The van der Waals surface area contributed by atoms with Gasteiger partial charge in [0.05, 0.1) is 6.61 Å². The van der Waals surface area contributed by atoms with E-state index in [1.165, 1.54) is 12.8 Å². The van der Waals surface area contributed by atoms with E-state index in [0.717, 1.165) is 51.8 Å². The summed E-state index contributed by atoms with van der Waals surface area (Å²) < 4.78 is 10.8. The second-order valence-corrected chi connectivity index (χ2v) is 6.63. The Labute approximate surface area is 131 Å². The molecule has 0 bridgehead atoms. The fourth-order valence-corrected chi connectivity index (χ4v) is 2.94. The maximum Gasteiger partial charge on any atom is 0.0593 e. The fraction of sp³-hybridized carbons (Fsp3) is 1.00. The highest BCUT2D eigenvalue weighted by atomic mass is 16.5. The van der Waals surface area contributed by atoms with Crippen LogP contribution in [-0.4, -0.2) is 63.0 Å². The van der Waals surface area contributed by atoms with Crippen molar-refractivity contribution in [3.05, 3.63) is 0 Å². The summed E-state index contributed by atoms with van der Waals surface area (Å²) in [5.74, 6) is 0.733. The monoisotopic (exact) mass is 300 g/mol. The molecule has 0 aliphatic carbocycles. The van der Waals surface area contributed by atoms with Crippen LogP contribution in [0.1, 0.15) is 47.0 Å². The largest absolute Gasteiger partial charge is 0.385 e. The van der Waals surface area contributed by atoms with Crippen LogP contribution < -0.4 is 5.32 Å². The molecule has 0 aromatic heterocycles. The van der Waals surface area contributed by atoms with Gasteiger partial charge >= 0.3 is 0 Å². The fourth-order valence-electron chi connectivity index (χ4n) is 2.94. The Morgan fingerprint density at radius 3 is 2.67 bits per heavy atom. The molecule has 1 N–H and O–H groups in total. The van der Waals surface area contributed by atoms with Gasteiger partial charge in [0.2, 0.25) is 0 Å². The molecule has 4 nitrogen and oxygen atoms in total. The Balaban J connectivity index is 2.41. The molecule has 4 heteroatoms. The van der Waals surface area contributed by atoms with Crippen LogP contribution in [0.2, 0.25) is 0 Å². The minimum Gasteiger partial charge on any atom is -0.385 e. The lowest BCUT2D eigenvalue weighted by atomic mass is 9.88. The van der Waals surface area contributed by atoms with E-state index in [-0.39, 0.29) is 5.54 Å². The van der Waals surface area contributed by atoms with Gasteiger partial charge in [-0.2, -0.15) is 0 Å². The van der Waals surface area contributed by atoms with Gasteiger partial charge in [-0.1, -0.05) is 27.2 Å². The Kier molecular flexibility index (Phi) is 8.79. The summed E-state index contributed by atoms with van der Waals surface area (Å²) in [5, 5.41) is 3.76. The van der Waals surface area contributed by atoms with Crippen LogP contribution in [0.5, 0.6) is 0 Å². The third kappa shape index (κ3) is 5.85. The molecule has 1 rings (SSSR count). The Bertz CT molecular complexity index is 276. The number of hydrogen-bond donors (Lipinski definition) is 1. The van der Waals surface area contributed by atoms with E-state index in [2.05, 4.69) is 37.9 Å². The number of ether oxygens (including phenoxy) is 2. The predicted molar refractivity (Wildman–Crippen MR) is 88.8 cm³/mol. The van der Waals surface area contributed by atoms with E-state index >= 15 is 0 Å². The van der Waals surface area contributed by atoms with Gasteiger partial charge in [-0.3, -0.25) is 4.90 Å². The van der Waals surface area contributed by atoms with Gasteiger partial charge in [0.1, 0.15) is 0 Å². The van der Waals surface area contributed by atoms with Crippen LogP contribution in [0.3, 0.4) is 0 Å². The lowest BCUT2D eigenvalue weighted by Gasteiger charge is -2.49. The first-order chi connectivity index (χ1) is 10.1. The summed E-state index contributed by atoms with van der Waals surface area (Å²) >= 11 is 0. The first-order valence-electron chi connectivity index (χ1n) is 8.62. The standard InChI is InChI=1S/C17H36N2O2/c1-6-15(3)16-13-19(17(4,7-2)14-18-16)9-12-21-11-8-10-20-5/h15-16,18H,6-14H2,1-5H3. The molecule has 0 aromatic carbocycles. The van der Waals surface area contributed by atoms with E-state index in [0.29, 0.717) is 6.04 Å². The van der Waals surface area contributed by atoms with Crippen molar-refractivity contribution < 1.29 is 9.47 Å². The summed E-state index contributed by atoms with van der Waals surface area (Å²) in [5.41, 5.74) is 0.264. The second-order valence-electron chi connectivity index (χ2n) is 6.63. The SMILES string of the molecule is CCC(C)C1CN(CCOCCCOC)C(C)(CC)CN1. The Morgan fingerprint density at radius 2 is 2.05 bits per heavy atom. The molecule has 21 heavy (non-hydrogen) atoms. The van der Waals surface area contributed by atoms with Gasteiger partial charge in [-0.05, 0) is 25.7 Å². The third-order valence-electron chi connectivity index (χ3n) is 5.16. The van der Waals surface area contributed by atoms with Gasteiger partial charge in [0.25, 0.3) is 0 Å². The van der Waals surface area contributed by atoms with Crippen LogP contribution in [0.15, 0.2) is 0 Å². The zero-order valence-electron chi connectivity index (χ0n) is 14.8. The lowest BCUT2D eigenvalue weighted by molar-refractivity contribution is 0.00629. The van der Waals surface area contributed by atoms with Crippen molar-refractivity contribution in [1.29, 1.82) is 0 Å². The smallest absolute Gasteiger partial charge is 0.0593 e. The minimum atomic E-state index is 0.264. The number of nitrogens with one attached hydrogen (secondary N) is 1. The van der Waals surface area contributed by atoms with Gasteiger partial charge in [-0.25, -0.2) is 0 Å². The van der Waals surface area contributed by atoms with E-state index < -0.39 is 0 Å². The Morgan fingerprint density at radius 1 is 1.29 bits per heavy atom. The predicted octanol–water partition coefficient (Wildman–Crippen LogP) is 2.53. The maximum absolute atomic E-state index is 5.76. The second kappa shape index (κ2) is 9.78. The van der Waals surface area contributed by atoms with Crippen molar-refractivity contribution in [1.82, 2.24) is 10.2 Å². The first kappa shape index (κ1) is 18.9. The average molecular weight is 300 g/mol. The van der Waals surface area contributed by atoms with Gasteiger partial charge in [-0.15, -0.1) is 0 Å². The van der Waals surface area contributed by atoms with Crippen molar-refractivity contribution in [3.8, 4) is 0 Å². The van der Waals surface area contributed by atoms with Crippen LogP contribution in [0.4, 0.5) is 0 Å². The van der Waals surface area contributed by atoms with Crippen LogP contribution in [0.25, 0.3) is 0 Å². The molecule has 126 valence electrons. The third-order valence-corrected chi connectivity index (χ3v) is 5.16. The van der Waals surface area contributed by atoms with Gasteiger partial charge < -0.3 is 14.8 Å². The van der Waals surface area contributed by atoms with E-state index in [4.69, 9.17) is 9.47 Å². The van der Waals surface area contributed by atoms with Crippen molar-refractivity contribution in [2.24, 2.45) is 5.92 Å². The topological polar surface area (TPSA) is 33.7 Å². The lowest BCUT2D eigenvalue weighted by Crippen LogP contribution is -2.64. The number of piperazine rings is 1. The van der Waals surface area contributed by atoms with E-state index in [9.17, 15) is 0 Å². The van der Waals surface area contributed by atoms with E-state index in [1.807, 2.05) is 0 Å². The van der Waals surface area contributed by atoms with Crippen LogP contribution >= 0.6 is 0 Å². The molecular weight excluding hydrogens is 264 g/mol. The maximum atomic E-state index is 5.76. The number of nitrogens with zero attached hydrogens (tertiary/aromatic N) is 1. The molecule has 1 saturated heterocycles. The van der Waals surface area contributed by atoms with Gasteiger partial charge in [0, 0.05) is 51.5 Å². The van der Waals surface area contributed by atoms with Gasteiger partial charge in [0.15, 0.2) is 0 Å². The quantitative estimate of drug-likeness (QED) is 0.629. The van der Waals surface area contributed by atoms with Crippen molar-refractivity contribution in [3.63, 3.8) is 0 Å². The first-order valence-corrected chi connectivity index (χ1v) is 8.62. The van der Waals surface area contributed by atoms with Crippen LogP contribution in [-0.2, 0) is 9.47 Å². The molecular formula is C17H36N2O2. The molecule has 0 amide bonds. The number of rotatable bonds is 10. The zero-order chi connectivity index (χ0) is 15.7. The highest BCUT2D eigenvalue weighted by Gasteiger charge is 2.37. The number of methoxy groups -OCH3 is 1. The normalized spacial score (nSPS) is 28.7. The molecule has 0 radical (unpaired) electrons. The highest BCUT2D eigenvalue weighted by molar-refractivity contribution is 4.96. The molecule has 1 aliphatic heterocycles. The van der Waals surface area contributed by atoms with Crippen molar-refractivity contribution in [2.45, 2.75) is 58.5 Å². The summed E-state index contributed by atoms with van der Waals surface area (Å²) in [6, 6.07) is 0.614. The summed E-state index contributed by atoms with van der Waals surface area (Å²) in [7, 11) is 1.74. The molecule has 3 unspecified atom stereocenters. The minimum absolute atomic E-state index is 0.264.